The van der Waals surface area contributed by atoms with E-state index in [2.05, 4.69) is 36.6 Å². The van der Waals surface area contributed by atoms with Gasteiger partial charge in [-0.05, 0) is 46.3 Å². The van der Waals surface area contributed by atoms with Gasteiger partial charge < -0.3 is 5.73 Å². The number of benzene rings is 2. The van der Waals surface area contributed by atoms with Gasteiger partial charge in [-0.15, -0.1) is 0 Å². The van der Waals surface area contributed by atoms with Gasteiger partial charge in [0.1, 0.15) is 10.7 Å². The summed E-state index contributed by atoms with van der Waals surface area (Å²) in [6, 6.07) is 8.66. The van der Waals surface area contributed by atoms with Gasteiger partial charge in [0.25, 0.3) is 10.0 Å². The molecule has 0 aliphatic rings. The summed E-state index contributed by atoms with van der Waals surface area (Å²) in [5, 5.41) is 0. The average Bonchev–Trinajstić information content (AvgIpc) is 2.33. The van der Waals surface area contributed by atoms with E-state index in [4.69, 9.17) is 5.73 Å². The van der Waals surface area contributed by atoms with Crippen molar-refractivity contribution < 1.29 is 12.8 Å². The Morgan fingerprint density at radius 1 is 1.15 bits per heavy atom. The van der Waals surface area contributed by atoms with Crippen molar-refractivity contribution in [1.82, 2.24) is 0 Å². The van der Waals surface area contributed by atoms with Gasteiger partial charge >= 0.3 is 0 Å². The van der Waals surface area contributed by atoms with Gasteiger partial charge in [-0.25, -0.2) is 12.8 Å². The number of halogens is 3. The van der Waals surface area contributed by atoms with Crippen molar-refractivity contribution in [3.05, 3.63) is 51.2 Å². The van der Waals surface area contributed by atoms with E-state index in [1.165, 1.54) is 12.1 Å². The number of hydrogen-bond donors (Lipinski definition) is 2. The minimum Gasteiger partial charge on any atom is -0.398 e. The molecule has 3 N–H and O–H groups in total. The summed E-state index contributed by atoms with van der Waals surface area (Å²) in [5.74, 6) is -0.899. The molecule has 0 bridgehead atoms. The molecule has 0 unspecified atom stereocenters. The SMILES string of the molecule is Nc1cccc(F)c1S(=O)(=O)Nc1cc(Br)ccc1Br. The molecule has 0 saturated heterocycles. The second kappa shape index (κ2) is 5.71. The molecule has 20 heavy (non-hydrogen) atoms. The quantitative estimate of drug-likeness (QED) is 0.738. The standard InChI is InChI=1S/C12H9Br2FN2O2S/c13-7-4-5-8(14)11(6-7)17-20(18,19)12-9(15)2-1-3-10(12)16/h1-6,17H,16H2. The van der Waals surface area contributed by atoms with Crippen LogP contribution in [0.2, 0.25) is 0 Å². The lowest BCUT2D eigenvalue weighted by atomic mass is 10.3. The molecule has 2 aromatic rings. The molecule has 0 aliphatic carbocycles. The first kappa shape index (κ1) is 15.3. The number of nitrogens with two attached hydrogens (primary N) is 1. The summed E-state index contributed by atoms with van der Waals surface area (Å²) in [7, 11) is -4.11. The minimum atomic E-state index is -4.11. The maximum Gasteiger partial charge on any atom is 0.266 e. The molecule has 2 aromatic carbocycles. The lowest BCUT2D eigenvalue weighted by Gasteiger charge is -2.12. The van der Waals surface area contributed by atoms with Gasteiger partial charge in [-0.2, -0.15) is 0 Å². The molecule has 0 spiro atoms. The zero-order chi connectivity index (χ0) is 14.9. The molecule has 0 heterocycles. The van der Waals surface area contributed by atoms with E-state index in [-0.39, 0.29) is 11.4 Å². The number of nitrogen functional groups attached to an aromatic ring is 1. The highest BCUT2D eigenvalue weighted by atomic mass is 79.9. The Balaban J connectivity index is 2.49. The van der Waals surface area contributed by atoms with Crippen LogP contribution in [0.3, 0.4) is 0 Å². The van der Waals surface area contributed by atoms with E-state index >= 15 is 0 Å². The Kier molecular flexibility index (Phi) is 4.36. The van der Waals surface area contributed by atoms with Crippen LogP contribution in [0.15, 0.2) is 50.2 Å². The fraction of sp³-hybridized carbons (Fsp3) is 0. The Morgan fingerprint density at radius 2 is 1.85 bits per heavy atom. The molecule has 0 atom stereocenters. The van der Waals surface area contributed by atoms with Crippen LogP contribution in [0.25, 0.3) is 0 Å². The first-order valence-electron chi connectivity index (χ1n) is 5.33. The van der Waals surface area contributed by atoms with Gasteiger partial charge in [0, 0.05) is 8.95 Å². The largest absolute Gasteiger partial charge is 0.398 e. The van der Waals surface area contributed by atoms with Crippen LogP contribution in [0, 0.1) is 5.82 Å². The minimum absolute atomic E-state index is 0.149. The van der Waals surface area contributed by atoms with Gasteiger partial charge in [0.15, 0.2) is 0 Å². The highest BCUT2D eigenvalue weighted by Crippen LogP contribution is 2.30. The van der Waals surface area contributed by atoms with Crippen LogP contribution < -0.4 is 10.5 Å². The number of hydrogen-bond acceptors (Lipinski definition) is 3. The van der Waals surface area contributed by atoms with Gasteiger partial charge in [-0.1, -0.05) is 22.0 Å². The zero-order valence-electron chi connectivity index (χ0n) is 9.90. The van der Waals surface area contributed by atoms with Crippen molar-refractivity contribution >= 4 is 53.3 Å². The predicted molar refractivity (Wildman–Crippen MR) is 83.5 cm³/mol. The van der Waals surface area contributed by atoms with Crippen molar-refractivity contribution in [2.75, 3.05) is 10.5 Å². The Morgan fingerprint density at radius 3 is 2.50 bits per heavy atom. The smallest absolute Gasteiger partial charge is 0.266 e. The summed E-state index contributed by atoms with van der Waals surface area (Å²) in [4.78, 5) is -0.563. The summed E-state index contributed by atoms with van der Waals surface area (Å²) < 4.78 is 41.7. The molecule has 4 nitrogen and oxygen atoms in total. The molecule has 0 aromatic heterocycles. The molecule has 2 rings (SSSR count). The number of anilines is 2. The predicted octanol–water partition coefficient (Wildman–Crippen LogP) is 3.73. The van der Waals surface area contributed by atoms with E-state index in [9.17, 15) is 12.8 Å². The van der Waals surface area contributed by atoms with Crippen LogP contribution in [-0.2, 0) is 10.0 Å². The van der Waals surface area contributed by atoms with Crippen molar-refractivity contribution in [2.24, 2.45) is 0 Å². The zero-order valence-corrected chi connectivity index (χ0v) is 13.9. The summed E-state index contributed by atoms with van der Waals surface area (Å²) in [6.07, 6.45) is 0. The first-order chi connectivity index (χ1) is 9.31. The highest BCUT2D eigenvalue weighted by molar-refractivity contribution is 9.11. The highest BCUT2D eigenvalue weighted by Gasteiger charge is 2.23. The van der Waals surface area contributed by atoms with Crippen LogP contribution in [0.5, 0.6) is 0 Å². The fourth-order valence-corrected chi connectivity index (χ4v) is 3.68. The van der Waals surface area contributed by atoms with Gasteiger partial charge in [-0.3, -0.25) is 4.72 Å². The molecule has 0 aliphatic heterocycles. The van der Waals surface area contributed by atoms with E-state index in [1.807, 2.05) is 0 Å². The molecule has 0 saturated carbocycles. The third-order valence-corrected chi connectivity index (χ3v) is 5.08. The first-order valence-corrected chi connectivity index (χ1v) is 8.40. The van der Waals surface area contributed by atoms with Crippen LogP contribution in [-0.4, -0.2) is 8.42 Å². The number of sulfonamides is 1. The van der Waals surface area contributed by atoms with Gasteiger partial charge in [0.2, 0.25) is 0 Å². The van der Waals surface area contributed by atoms with Crippen molar-refractivity contribution in [3.8, 4) is 0 Å². The average molecular weight is 424 g/mol. The van der Waals surface area contributed by atoms with Crippen LogP contribution in [0.4, 0.5) is 15.8 Å². The second-order valence-corrected chi connectivity index (χ2v) is 7.28. The fourth-order valence-electron chi connectivity index (χ4n) is 1.58. The topological polar surface area (TPSA) is 72.2 Å². The van der Waals surface area contributed by atoms with Crippen molar-refractivity contribution in [1.29, 1.82) is 0 Å². The Hall–Kier alpha value is -1.12. The monoisotopic (exact) mass is 422 g/mol. The second-order valence-electron chi connectivity index (χ2n) is 3.89. The van der Waals surface area contributed by atoms with Crippen LogP contribution in [0.1, 0.15) is 0 Å². The molecular weight excluding hydrogens is 415 g/mol. The Labute approximate surface area is 132 Å². The van der Waals surface area contributed by atoms with Crippen LogP contribution >= 0.6 is 31.9 Å². The van der Waals surface area contributed by atoms with Gasteiger partial charge in [0.05, 0.1) is 11.4 Å². The molecule has 0 fully saturated rings. The maximum atomic E-state index is 13.7. The van der Waals surface area contributed by atoms with E-state index < -0.39 is 20.7 Å². The third-order valence-electron chi connectivity index (χ3n) is 2.44. The molecule has 0 amide bonds. The molecule has 0 radical (unpaired) electrons. The maximum absolute atomic E-state index is 13.7. The third kappa shape index (κ3) is 3.13. The lowest BCUT2D eigenvalue weighted by Crippen LogP contribution is -2.16. The molecular formula is C12H9Br2FN2O2S. The normalized spacial score (nSPS) is 11.3. The van der Waals surface area contributed by atoms with E-state index in [0.717, 1.165) is 6.07 Å². The summed E-state index contributed by atoms with van der Waals surface area (Å²) in [6.45, 7) is 0. The Bertz CT molecular complexity index is 746. The molecule has 106 valence electrons. The summed E-state index contributed by atoms with van der Waals surface area (Å²) in [5.41, 5.74) is 5.68. The lowest BCUT2D eigenvalue weighted by molar-refractivity contribution is 0.572. The van der Waals surface area contributed by atoms with Crippen molar-refractivity contribution in [3.63, 3.8) is 0 Å². The molecule has 8 heteroatoms. The summed E-state index contributed by atoms with van der Waals surface area (Å²) >= 11 is 6.45. The van der Waals surface area contributed by atoms with E-state index in [1.54, 1.807) is 18.2 Å². The number of rotatable bonds is 3. The van der Waals surface area contributed by atoms with Crippen molar-refractivity contribution in [2.45, 2.75) is 4.90 Å². The van der Waals surface area contributed by atoms with E-state index in [0.29, 0.717) is 8.95 Å². The number of nitrogens with one attached hydrogen (secondary N) is 1.